The Morgan fingerprint density at radius 2 is 2.12 bits per heavy atom. The topological polar surface area (TPSA) is 111 Å². The van der Waals surface area contributed by atoms with E-state index >= 15 is 0 Å². The molecule has 0 unspecified atom stereocenters. The van der Waals surface area contributed by atoms with Gasteiger partial charge in [0, 0.05) is 5.38 Å². The maximum Gasteiger partial charge on any atom is 0.413 e. The van der Waals surface area contributed by atoms with Crippen molar-refractivity contribution in [1.29, 1.82) is 0 Å². The van der Waals surface area contributed by atoms with Gasteiger partial charge < -0.3 is 4.74 Å². The summed E-state index contributed by atoms with van der Waals surface area (Å²) < 4.78 is 26.8. The summed E-state index contributed by atoms with van der Waals surface area (Å²) >= 11 is 0.949. The van der Waals surface area contributed by atoms with Crippen LogP contribution < -0.4 is 10.5 Å². The molecule has 1 rings (SSSR count). The van der Waals surface area contributed by atoms with Crippen LogP contribution in [0.5, 0.6) is 0 Å². The lowest BCUT2D eigenvalue weighted by Gasteiger charge is -2.18. The number of carbonyl (C=O) groups excluding carboxylic acids is 1. The summed E-state index contributed by atoms with van der Waals surface area (Å²) in [6.45, 7) is 5.14. The van der Waals surface area contributed by atoms with Gasteiger partial charge in [-0.25, -0.2) is 23.3 Å². The SMILES string of the molecule is CC(C)(C)OC(=O)Nc1nc(S(N)(=O)=O)cs1. The van der Waals surface area contributed by atoms with Crippen molar-refractivity contribution in [2.45, 2.75) is 31.4 Å². The quantitative estimate of drug-likeness (QED) is 0.843. The molecule has 0 bridgehead atoms. The zero-order chi connectivity index (χ0) is 13.3. The summed E-state index contributed by atoms with van der Waals surface area (Å²) in [5.41, 5.74) is -0.635. The summed E-state index contributed by atoms with van der Waals surface area (Å²) in [7, 11) is -3.85. The van der Waals surface area contributed by atoms with Gasteiger partial charge in [0.05, 0.1) is 0 Å². The van der Waals surface area contributed by atoms with Crippen LogP contribution in [0.15, 0.2) is 10.4 Å². The van der Waals surface area contributed by atoms with Gasteiger partial charge in [-0.2, -0.15) is 0 Å². The van der Waals surface area contributed by atoms with E-state index in [-0.39, 0.29) is 10.2 Å². The lowest BCUT2D eigenvalue weighted by Crippen LogP contribution is -2.27. The number of thiazole rings is 1. The Hall–Kier alpha value is -1.19. The number of hydrogen-bond donors (Lipinski definition) is 2. The van der Waals surface area contributed by atoms with Crippen LogP contribution in [-0.4, -0.2) is 25.1 Å². The van der Waals surface area contributed by atoms with Gasteiger partial charge in [-0.1, -0.05) is 0 Å². The van der Waals surface area contributed by atoms with Gasteiger partial charge in [0.1, 0.15) is 5.60 Å². The first-order chi connectivity index (χ1) is 7.58. The highest BCUT2D eigenvalue weighted by molar-refractivity contribution is 7.89. The monoisotopic (exact) mass is 279 g/mol. The van der Waals surface area contributed by atoms with Crippen LogP contribution in [0.2, 0.25) is 0 Å². The third-order valence-corrected chi connectivity index (χ3v) is 3.08. The standard InChI is InChI=1S/C8H13N3O4S2/c1-8(2,3)15-7(12)11-6-10-5(4-16-6)17(9,13)14/h4H,1-3H3,(H2,9,13,14)(H,10,11,12). The third kappa shape index (κ3) is 4.67. The molecule has 0 fully saturated rings. The maximum absolute atomic E-state index is 11.3. The average Bonchev–Trinajstić information content (AvgIpc) is 2.47. The molecule has 7 nitrogen and oxygen atoms in total. The molecule has 1 heterocycles. The molecule has 0 saturated carbocycles. The molecule has 0 spiro atoms. The molecule has 96 valence electrons. The fraction of sp³-hybridized carbons (Fsp3) is 0.500. The minimum atomic E-state index is -3.85. The van der Waals surface area contributed by atoms with Crippen LogP contribution in [0.4, 0.5) is 9.93 Å². The van der Waals surface area contributed by atoms with Crippen LogP contribution in [0, 0.1) is 0 Å². The van der Waals surface area contributed by atoms with Crippen LogP contribution in [0.25, 0.3) is 0 Å². The molecule has 3 N–H and O–H groups in total. The molecule has 1 amide bonds. The second kappa shape index (κ2) is 4.59. The molecule has 0 radical (unpaired) electrons. The van der Waals surface area contributed by atoms with Gasteiger partial charge in [0.2, 0.25) is 0 Å². The van der Waals surface area contributed by atoms with E-state index in [1.165, 1.54) is 5.38 Å². The Morgan fingerprint density at radius 1 is 1.53 bits per heavy atom. The van der Waals surface area contributed by atoms with Gasteiger partial charge in [0.25, 0.3) is 10.0 Å². The van der Waals surface area contributed by atoms with Crippen molar-refractivity contribution < 1.29 is 17.9 Å². The molecule has 17 heavy (non-hydrogen) atoms. The molecule has 0 saturated heterocycles. The number of amides is 1. The van der Waals surface area contributed by atoms with Crippen molar-refractivity contribution >= 4 is 32.6 Å². The second-order valence-corrected chi connectivity index (χ2v) is 6.53. The highest BCUT2D eigenvalue weighted by Gasteiger charge is 2.18. The number of aromatic nitrogens is 1. The molecule has 0 aliphatic heterocycles. The van der Waals surface area contributed by atoms with Crippen LogP contribution in [0.1, 0.15) is 20.8 Å². The summed E-state index contributed by atoms with van der Waals surface area (Å²) in [5, 5.41) is 8.26. The lowest BCUT2D eigenvalue weighted by molar-refractivity contribution is 0.0636. The van der Waals surface area contributed by atoms with E-state index in [9.17, 15) is 13.2 Å². The highest BCUT2D eigenvalue weighted by Crippen LogP contribution is 2.19. The smallest absolute Gasteiger partial charge is 0.413 e. The zero-order valence-electron chi connectivity index (χ0n) is 9.55. The summed E-state index contributed by atoms with van der Waals surface area (Å²) in [5.74, 6) is 0. The van der Waals surface area contributed by atoms with E-state index in [1.807, 2.05) is 0 Å². The van der Waals surface area contributed by atoms with Gasteiger partial charge in [-0.3, -0.25) is 5.32 Å². The Morgan fingerprint density at radius 3 is 2.53 bits per heavy atom. The maximum atomic E-state index is 11.3. The summed E-state index contributed by atoms with van der Waals surface area (Å²) in [6.07, 6.45) is -0.701. The first-order valence-corrected chi connectivity index (χ1v) is 6.99. The number of nitrogens with two attached hydrogens (primary N) is 1. The predicted octanol–water partition coefficient (Wildman–Crippen LogP) is 1.14. The fourth-order valence-corrected chi connectivity index (χ4v) is 2.35. The molecule has 1 aromatic rings. The number of ether oxygens (including phenoxy) is 1. The number of nitrogens with zero attached hydrogens (tertiary/aromatic N) is 1. The summed E-state index contributed by atoms with van der Waals surface area (Å²) in [4.78, 5) is 15.0. The van der Waals surface area contributed by atoms with Crippen molar-refractivity contribution in [2.75, 3.05) is 5.32 Å². The number of nitrogens with one attached hydrogen (secondary N) is 1. The van der Waals surface area contributed by atoms with E-state index in [4.69, 9.17) is 9.88 Å². The Bertz CT molecular complexity index is 515. The molecule has 1 aromatic heterocycles. The van der Waals surface area contributed by atoms with Crippen molar-refractivity contribution in [1.82, 2.24) is 4.98 Å². The van der Waals surface area contributed by atoms with Crippen molar-refractivity contribution in [3.05, 3.63) is 5.38 Å². The number of sulfonamides is 1. The molecule has 9 heteroatoms. The number of anilines is 1. The number of rotatable bonds is 2. The third-order valence-electron chi connectivity index (χ3n) is 1.38. The van der Waals surface area contributed by atoms with E-state index in [0.717, 1.165) is 11.3 Å². The fourth-order valence-electron chi connectivity index (χ4n) is 0.838. The van der Waals surface area contributed by atoms with E-state index in [2.05, 4.69) is 10.3 Å². The summed E-state index contributed by atoms with van der Waals surface area (Å²) in [6, 6.07) is 0. The average molecular weight is 279 g/mol. The molecule has 0 atom stereocenters. The van der Waals surface area contributed by atoms with Gasteiger partial charge in [-0.05, 0) is 20.8 Å². The normalized spacial score (nSPS) is 12.2. The minimum Gasteiger partial charge on any atom is -0.444 e. The highest BCUT2D eigenvalue weighted by atomic mass is 32.2. The second-order valence-electron chi connectivity index (χ2n) is 4.16. The van der Waals surface area contributed by atoms with Crippen LogP contribution >= 0.6 is 11.3 Å². The van der Waals surface area contributed by atoms with Gasteiger partial charge >= 0.3 is 6.09 Å². The molecule has 0 aliphatic rings. The van der Waals surface area contributed by atoms with Crippen molar-refractivity contribution in [2.24, 2.45) is 5.14 Å². The molecular weight excluding hydrogens is 266 g/mol. The first kappa shape index (κ1) is 13.9. The number of carbonyl (C=O) groups is 1. The van der Waals surface area contributed by atoms with E-state index in [1.54, 1.807) is 20.8 Å². The van der Waals surface area contributed by atoms with Crippen molar-refractivity contribution in [3.63, 3.8) is 0 Å². The van der Waals surface area contributed by atoms with Gasteiger partial charge in [0.15, 0.2) is 10.2 Å². The lowest BCUT2D eigenvalue weighted by atomic mass is 10.2. The Labute approximate surface area is 103 Å². The van der Waals surface area contributed by atoms with E-state index < -0.39 is 21.7 Å². The van der Waals surface area contributed by atoms with Crippen LogP contribution in [0.3, 0.4) is 0 Å². The minimum absolute atomic E-state index is 0.114. The number of primary sulfonamides is 1. The Balaban J connectivity index is 2.71. The first-order valence-electron chi connectivity index (χ1n) is 4.56. The zero-order valence-corrected chi connectivity index (χ0v) is 11.2. The van der Waals surface area contributed by atoms with Crippen molar-refractivity contribution in [3.8, 4) is 0 Å². The number of hydrogen-bond acceptors (Lipinski definition) is 6. The van der Waals surface area contributed by atoms with Crippen LogP contribution in [-0.2, 0) is 14.8 Å². The molecular formula is C8H13N3O4S2. The predicted molar refractivity (Wildman–Crippen MR) is 63.3 cm³/mol. The Kier molecular flexibility index (Phi) is 3.74. The van der Waals surface area contributed by atoms with E-state index in [0.29, 0.717) is 0 Å². The molecule has 0 aliphatic carbocycles. The van der Waals surface area contributed by atoms with Gasteiger partial charge in [-0.15, -0.1) is 11.3 Å². The molecule has 0 aromatic carbocycles. The largest absolute Gasteiger partial charge is 0.444 e.